The molecule has 0 saturated heterocycles. The van der Waals surface area contributed by atoms with Gasteiger partial charge >= 0.3 is 5.97 Å². The standard InChI is InChI=1S/C15H21NO2S/c1-12(11-19-3)16(2)10-14-7-5-4-6-13(14)8-9-15(17)18/h4-9,12H,10-11H2,1-3H3,(H,17,18)/b9-8+. The van der Waals surface area contributed by atoms with E-state index in [1.165, 1.54) is 6.08 Å². The molecule has 0 amide bonds. The van der Waals surface area contributed by atoms with Gasteiger partial charge in [0.2, 0.25) is 0 Å². The van der Waals surface area contributed by atoms with Gasteiger partial charge < -0.3 is 5.11 Å². The maximum Gasteiger partial charge on any atom is 0.328 e. The summed E-state index contributed by atoms with van der Waals surface area (Å²) in [6.07, 6.45) is 4.95. The molecule has 104 valence electrons. The zero-order valence-electron chi connectivity index (χ0n) is 11.7. The number of carbonyl (C=O) groups is 1. The minimum absolute atomic E-state index is 0.492. The number of carboxylic acids is 1. The highest BCUT2D eigenvalue weighted by molar-refractivity contribution is 7.98. The Balaban J connectivity index is 2.80. The Morgan fingerprint density at radius 3 is 2.79 bits per heavy atom. The lowest BCUT2D eigenvalue weighted by Gasteiger charge is -2.24. The van der Waals surface area contributed by atoms with Gasteiger partial charge in [-0.2, -0.15) is 11.8 Å². The Morgan fingerprint density at radius 2 is 2.16 bits per heavy atom. The van der Waals surface area contributed by atoms with Gasteiger partial charge in [-0.05, 0) is 37.4 Å². The van der Waals surface area contributed by atoms with E-state index in [-0.39, 0.29) is 0 Å². The zero-order valence-corrected chi connectivity index (χ0v) is 12.5. The molecule has 4 heteroatoms. The van der Waals surface area contributed by atoms with Crippen LogP contribution in [0, 0.1) is 0 Å². The Kier molecular flexibility index (Phi) is 6.67. The summed E-state index contributed by atoms with van der Waals surface area (Å²) in [5.74, 6) is 0.169. The van der Waals surface area contributed by atoms with Crippen LogP contribution in [0.1, 0.15) is 18.1 Å². The van der Waals surface area contributed by atoms with Crippen LogP contribution in [0.2, 0.25) is 0 Å². The molecular formula is C15H21NO2S. The van der Waals surface area contributed by atoms with E-state index >= 15 is 0 Å². The lowest BCUT2D eigenvalue weighted by Crippen LogP contribution is -2.30. The van der Waals surface area contributed by atoms with Gasteiger partial charge in [-0.25, -0.2) is 4.79 Å². The highest BCUT2D eigenvalue weighted by atomic mass is 32.2. The van der Waals surface area contributed by atoms with Crippen molar-refractivity contribution in [1.82, 2.24) is 4.90 Å². The molecule has 0 saturated carbocycles. The fourth-order valence-corrected chi connectivity index (χ4v) is 2.53. The van der Waals surface area contributed by atoms with E-state index in [2.05, 4.69) is 25.1 Å². The highest BCUT2D eigenvalue weighted by Crippen LogP contribution is 2.15. The number of thioether (sulfide) groups is 1. The predicted molar refractivity (Wildman–Crippen MR) is 82.4 cm³/mol. The van der Waals surface area contributed by atoms with Crippen molar-refractivity contribution < 1.29 is 9.90 Å². The summed E-state index contributed by atoms with van der Waals surface area (Å²) >= 11 is 1.83. The Labute approximate surface area is 119 Å². The number of rotatable bonds is 7. The van der Waals surface area contributed by atoms with E-state index in [0.717, 1.165) is 23.4 Å². The number of hydrogen-bond donors (Lipinski definition) is 1. The summed E-state index contributed by atoms with van der Waals surface area (Å²) < 4.78 is 0. The number of aliphatic carboxylic acids is 1. The number of benzene rings is 1. The first-order chi connectivity index (χ1) is 9.04. The summed E-state index contributed by atoms with van der Waals surface area (Å²) in [5.41, 5.74) is 2.11. The molecule has 0 radical (unpaired) electrons. The third-order valence-corrected chi connectivity index (χ3v) is 3.86. The molecule has 1 aromatic rings. The average Bonchev–Trinajstić information content (AvgIpc) is 2.37. The first-order valence-electron chi connectivity index (χ1n) is 6.22. The van der Waals surface area contributed by atoms with Crippen LogP contribution in [0.15, 0.2) is 30.3 Å². The first-order valence-corrected chi connectivity index (χ1v) is 7.62. The second kappa shape index (κ2) is 8.02. The Bertz CT molecular complexity index is 446. The smallest absolute Gasteiger partial charge is 0.328 e. The van der Waals surface area contributed by atoms with Gasteiger partial charge in [0.15, 0.2) is 0 Å². The molecular weight excluding hydrogens is 258 g/mol. The molecule has 0 aliphatic rings. The van der Waals surface area contributed by atoms with Crippen LogP contribution in [0.5, 0.6) is 0 Å². The third kappa shape index (κ3) is 5.49. The summed E-state index contributed by atoms with van der Waals surface area (Å²) in [4.78, 5) is 12.9. The monoisotopic (exact) mass is 279 g/mol. The summed E-state index contributed by atoms with van der Waals surface area (Å²) in [5, 5.41) is 8.71. The largest absolute Gasteiger partial charge is 0.478 e. The molecule has 0 aromatic heterocycles. The second-order valence-corrected chi connectivity index (χ2v) is 5.50. The molecule has 0 aliphatic carbocycles. The van der Waals surface area contributed by atoms with E-state index in [1.54, 1.807) is 6.08 Å². The van der Waals surface area contributed by atoms with E-state index in [4.69, 9.17) is 5.11 Å². The summed E-state index contributed by atoms with van der Waals surface area (Å²) in [7, 11) is 2.10. The van der Waals surface area contributed by atoms with Gasteiger partial charge in [0, 0.05) is 24.4 Å². The zero-order chi connectivity index (χ0) is 14.3. The van der Waals surface area contributed by atoms with Crippen molar-refractivity contribution in [3.05, 3.63) is 41.5 Å². The minimum Gasteiger partial charge on any atom is -0.478 e. The van der Waals surface area contributed by atoms with Crippen molar-refractivity contribution in [3.8, 4) is 0 Å². The minimum atomic E-state index is -0.918. The van der Waals surface area contributed by atoms with Crippen LogP contribution in [-0.4, -0.2) is 41.1 Å². The normalized spacial score (nSPS) is 13.1. The first kappa shape index (κ1) is 15.8. The molecule has 0 bridgehead atoms. The fraction of sp³-hybridized carbons (Fsp3) is 0.400. The summed E-state index contributed by atoms with van der Waals surface area (Å²) in [6.45, 7) is 3.02. The molecule has 1 unspecified atom stereocenters. The molecule has 0 aliphatic heterocycles. The Hall–Kier alpha value is -1.26. The van der Waals surface area contributed by atoms with E-state index in [0.29, 0.717) is 6.04 Å². The summed E-state index contributed by atoms with van der Waals surface area (Å²) in [6, 6.07) is 8.40. The van der Waals surface area contributed by atoms with Crippen LogP contribution < -0.4 is 0 Å². The fourth-order valence-electron chi connectivity index (χ4n) is 1.79. The molecule has 1 N–H and O–H groups in total. The molecule has 3 nitrogen and oxygen atoms in total. The van der Waals surface area contributed by atoms with Gasteiger partial charge in [0.25, 0.3) is 0 Å². The van der Waals surface area contributed by atoms with Gasteiger partial charge in [-0.3, -0.25) is 4.90 Å². The predicted octanol–water partition coefficient (Wildman–Crippen LogP) is 2.97. The van der Waals surface area contributed by atoms with Crippen LogP contribution >= 0.6 is 11.8 Å². The van der Waals surface area contributed by atoms with Crippen molar-refractivity contribution in [2.75, 3.05) is 19.1 Å². The number of nitrogens with zero attached hydrogens (tertiary/aromatic N) is 1. The van der Waals surface area contributed by atoms with Gasteiger partial charge in [0.05, 0.1) is 0 Å². The highest BCUT2D eigenvalue weighted by Gasteiger charge is 2.10. The maximum atomic E-state index is 10.6. The van der Waals surface area contributed by atoms with Crippen LogP contribution in [0.3, 0.4) is 0 Å². The SMILES string of the molecule is CSCC(C)N(C)Cc1ccccc1/C=C/C(=O)O. The van der Waals surface area contributed by atoms with Crippen molar-refractivity contribution in [1.29, 1.82) is 0 Å². The molecule has 0 fully saturated rings. The third-order valence-electron chi connectivity index (χ3n) is 3.04. The van der Waals surface area contributed by atoms with E-state index < -0.39 is 5.97 Å². The van der Waals surface area contributed by atoms with Crippen molar-refractivity contribution >= 4 is 23.8 Å². The van der Waals surface area contributed by atoms with Crippen molar-refractivity contribution in [2.24, 2.45) is 0 Å². The number of carboxylic acid groups (broad SMARTS) is 1. The van der Waals surface area contributed by atoms with Gasteiger partial charge in [0.1, 0.15) is 0 Å². The van der Waals surface area contributed by atoms with E-state index in [9.17, 15) is 4.79 Å². The van der Waals surface area contributed by atoms with E-state index in [1.807, 2.05) is 36.0 Å². The molecule has 0 spiro atoms. The molecule has 1 aromatic carbocycles. The second-order valence-electron chi connectivity index (χ2n) is 4.59. The number of hydrogen-bond acceptors (Lipinski definition) is 3. The molecule has 0 heterocycles. The average molecular weight is 279 g/mol. The topological polar surface area (TPSA) is 40.5 Å². The van der Waals surface area contributed by atoms with Crippen LogP contribution in [0.25, 0.3) is 6.08 Å². The van der Waals surface area contributed by atoms with Gasteiger partial charge in [-0.15, -0.1) is 0 Å². The quantitative estimate of drug-likeness (QED) is 0.779. The molecule has 19 heavy (non-hydrogen) atoms. The van der Waals surface area contributed by atoms with Gasteiger partial charge in [-0.1, -0.05) is 24.3 Å². The van der Waals surface area contributed by atoms with Crippen molar-refractivity contribution in [3.63, 3.8) is 0 Å². The lowest BCUT2D eigenvalue weighted by molar-refractivity contribution is -0.131. The molecule has 1 rings (SSSR count). The van der Waals surface area contributed by atoms with Crippen molar-refractivity contribution in [2.45, 2.75) is 19.5 Å². The molecule has 1 atom stereocenters. The van der Waals surface area contributed by atoms with Crippen LogP contribution in [0.4, 0.5) is 0 Å². The maximum absolute atomic E-state index is 10.6. The van der Waals surface area contributed by atoms with Crippen LogP contribution in [-0.2, 0) is 11.3 Å². The Morgan fingerprint density at radius 1 is 1.47 bits per heavy atom. The lowest BCUT2D eigenvalue weighted by atomic mass is 10.1.